The van der Waals surface area contributed by atoms with Gasteiger partial charge in [-0.25, -0.2) is 4.39 Å². The minimum atomic E-state index is -0.444. The second-order valence-corrected chi connectivity index (χ2v) is 6.58. The van der Waals surface area contributed by atoms with Crippen LogP contribution in [0.4, 0.5) is 15.8 Å². The lowest BCUT2D eigenvalue weighted by molar-refractivity contribution is -0.121. The Morgan fingerprint density at radius 3 is 2.38 bits per heavy atom. The van der Waals surface area contributed by atoms with Crippen LogP contribution in [0.3, 0.4) is 0 Å². The van der Waals surface area contributed by atoms with Crippen LogP contribution in [-0.4, -0.2) is 18.4 Å². The Morgan fingerprint density at radius 1 is 0.897 bits per heavy atom. The van der Waals surface area contributed by atoms with Gasteiger partial charge in [-0.2, -0.15) is 0 Å². The second-order valence-electron chi connectivity index (χ2n) is 6.18. The lowest BCUT2D eigenvalue weighted by Crippen LogP contribution is -2.19. The molecule has 0 unspecified atom stereocenters. The van der Waals surface area contributed by atoms with Crippen molar-refractivity contribution in [2.24, 2.45) is 0 Å². The molecule has 3 aromatic carbocycles. The van der Waals surface area contributed by atoms with Crippen LogP contribution in [0.25, 0.3) is 0 Å². The summed E-state index contributed by atoms with van der Waals surface area (Å²) in [4.78, 5) is 24.4. The summed E-state index contributed by atoms with van der Waals surface area (Å²) in [6.07, 6.45) is 0. The van der Waals surface area contributed by atoms with E-state index in [0.29, 0.717) is 22.0 Å². The normalized spacial score (nSPS) is 10.4. The van der Waals surface area contributed by atoms with Gasteiger partial charge in [0.1, 0.15) is 12.4 Å². The SMILES string of the molecule is O=C(COCc1ccccc1Cl)Nc1cccc(C(=O)Nc2cccc(F)c2)c1. The Morgan fingerprint density at radius 2 is 1.62 bits per heavy atom. The molecule has 0 aliphatic heterocycles. The van der Waals surface area contributed by atoms with Crippen molar-refractivity contribution in [2.45, 2.75) is 6.61 Å². The molecule has 0 aliphatic rings. The van der Waals surface area contributed by atoms with E-state index in [1.54, 1.807) is 30.3 Å². The minimum Gasteiger partial charge on any atom is -0.367 e. The van der Waals surface area contributed by atoms with Crippen LogP contribution in [-0.2, 0) is 16.1 Å². The Bertz CT molecular complexity index is 1030. The smallest absolute Gasteiger partial charge is 0.255 e. The van der Waals surface area contributed by atoms with Gasteiger partial charge in [0.05, 0.1) is 6.61 Å². The van der Waals surface area contributed by atoms with Crippen LogP contribution in [0, 0.1) is 5.82 Å². The largest absolute Gasteiger partial charge is 0.367 e. The number of amides is 2. The third-order valence-corrected chi connectivity index (χ3v) is 4.31. The maximum Gasteiger partial charge on any atom is 0.255 e. The van der Waals surface area contributed by atoms with Gasteiger partial charge < -0.3 is 15.4 Å². The molecule has 2 N–H and O–H groups in total. The monoisotopic (exact) mass is 412 g/mol. The number of ether oxygens (including phenoxy) is 1. The van der Waals surface area contributed by atoms with Crippen LogP contribution in [0.1, 0.15) is 15.9 Å². The zero-order valence-electron chi connectivity index (χ0n) is 15.3. The van der Waals surface area contributed by atoms with Crippen LogP contribution in [0.15, 0.2) is 72.8 Å². The molecule has 3 aromatic rings. The molecule has 5 nitrogen and oxygen atoms in total. The molecular formula is C22H18ClFN2O3. The van der Waals surface area contributed by atoms with Gasteiger partial charge in [-0.05, 0) is 48.0 Å². The molecule has 148 valence electrons. The van der Waals surface area contributed by atoms with E-state index < -0.39 is 11.7 Å². The van der Waals surface area contributed by atoms with Crippen molar-refractivity contribution in [1.29, 1.82) is 0 Å². The van der Waals surface area contributed by atoms with Gasteiger partial charge in [-0.3, -0.25) is 9.59 Å². The van der Waals surface area contributed by atoms with Gasteiger partial charge in [0.2, 0.25) is 5.91 Å². The van der Waals surface area contributed by atoms with Gasteiger partial charge in [-0.15, -0.1) is 0 Å². The summed E-state index contributed by atoms with van der Waals surface area (Å²) in [6.45, 7) is 0.0497. The minimum absolute atomic E-state index is 0.162. The molecule has 0 atom stereocenters. The summed E-state index contributed by atoms with van der Waals surface area (Å²) in [6, 6.07) is 19.2. The highest BCUT2D eigenvalue weighted by Gasteiger charge is 2.09. The van der Waals surface area contributed by atoms with Crippen molar-refractivity contribution < 1.29 is 18.7 Å². The average Bonchev–Trinajstić information content (AvgIpc) is 2.69. The van der Waals surface area contributed by atoms with E-state index in [1.807, 2.05) is 18.2 Å². The van der Waals surface area contributed by atoms with Crippen molar-refractivity contribution in [1.82, 2.24) is 0 Å². The topological polar surface area (TPSA) is 67.4 Å². The van der Waals surface area contributed by atoms with Gasteiger partial charge in [-0.1, -0.05) is 41.9 Å². The van der Waals surface area contributed by atoms with E-state index in [1.165, 1.54) is 24.3 Å². The molecule has 0 radical (unpaired) electrons. The standard InChI is InChI=1S/C22H18ClFN2O3/c23-20-10-2-1-5-16(20)13-29-14-21(27)25-18-8-3-6-15(11-18)22(28)26-19-9-4-7-17(24)12-19/h1-12H,13-14H2,(H,25,27)(H,26,28). The van der Waals surface area contributed by atoms with E-state index in [-0.39, 0.29) is 19.1 Å². The summed E-state index contributed by atoms with van der Waals surface area (Å²) in [5.74, 6) is -1.22. The van der Waals surface area contributed by atoms with E-state index in [2.05, 4.69) is 10.6 Å². The predicted octanol–water partition coefficient (Wildman–Crippen LogP) is 4.89. The van der Waals surface area contributed by atoms with Crippen molar-refractivity contribution in [2.75, 3.05) is 17.2 Å². The molecule has 0 saturated carbocycles. The van der Waals surface area contributed by atoms with E-state index in [0.717, 1.165) is 5.56 Å². The first kappa shape index (κ1) is 20.5. The molecule has 0 aromatic heterocycles. The summed E-state index contributed by atoms with van der Waals surface area (Å²) < 4.78 is 18.6. The predicted molar refractivity (Wildman–Crippen MR) is 111 cm³/mol. The molecular weight excluding hydrogens is 395 g/mol. The molecule has 2 amide bonds. The molecule has 29 heavy (non-hydrogen) atoms. The third-order valence-electron chi connectivity index (χ3n) is 3.94. The van der Waals surface area contributed by atoms with Crippen LogP contribution in [0.2, 0.25) is 5.02 Å². The van der Waals surface area contributed by atoms with Gasteiger partial charge >= 0.3 is 0 Å². The van der Waals surface area contributed by atoms with Gasteiger partial charge in [0.15, 0.2) is 0 Å². The first-order valence-corrected chi connectivity index (χ1v) is 9.17. The second kappa shape index (κ2) is 9.82. The fourth-order valence-electron chi connectivity index (χ4n) is 2.57. The quantitative estimate of drug-likeness (QED) is 0.580. The summed E-state index contributed by atoms with van der Waals surface area (Å²) in [5, 5.41) is 5.86. The number of hydrogen-bond acceptors (Lipinski definition) is 3. The van der Waals surface area contributed by atoms with Crippen molar-refractivity contribution in [3.63, 3.8) is 0 Å². The fourth-order valence-corrected chi connectivity index (χ4v) is 2.76. The molecule has 0 heterocycles. The van der Waals surface area contributed by atoms with Crippen molar-refractivity contribution >= 4 is 34.8 Å². The molecule has 0 bridgehead atoms. The summed E-state index contributed by atoms with van der Waals surface area (Å²) >= 11 is 6.04. The molecule has 3 rings (SSSR count). The first-order valence-electron chi connectivity index (χ1n) is 8.79. The van der Waals surface area contributed by atoms with E-state index in [4.69, 9.17) is 16.3 Å². The van der Waals surface area contributed by atoms with Gasteiger partial charge in [0.25, 0.3) is 5.91 Å². The van der Waals surface area contributed by atoms with Crippen molar-refractivity contribution in [3.8, 4) is 0 Å². The summed E-state index contributed by atoms with van der Waals surface area (Å²) in [7, 11) is 0. The van der Waals surface area contributed by atoms with Crippen LogP contribution in [0.5, 0.6) is 0 Å². The average molecular weight is 413 g/mol. The van der Waals surface area contributed by atoms with E-state index in [9.17, 15) is 14.0 Å². The third kappa shape index (κ3) is 6.14. The molecule has 0 aliphatic carbocycles. The van der Waals surface area contributed by atoms with Crippen LogP contribution < -0.4 is 10.6 Å². The number of anilines is 2. The fraction of sp³-hybridized carbons (Fsp3) is 0.0909. The lowest BCUT2D eigenvalue weighted by Gasteiger charge is -2.09. The highest BCUT2D eigenvalue weighted by atomic mass is 35.5. The highest BCUT2D eigenvalue weighted by Crippen LogP contribution is 2.16. The van der Waals surface area contributed by atoms with Gasteiger partial charge in [0, 0.05) is 22.0 Å². The highest BCUT2D eigenvalue weighted by molar-refractivity contribution is 6.31. The Hall–Kier alpha value is -3.22. The number of rotatable bonds is 7. The zero-order valence-corrected chi connectivity index (χ0v) is 16.1. The van der Waals surface area contributed by atoms with E-state index >= 15 is 0 Å². The van der Waals surface area contributed by atoms with Crippen molar-refractivity contribution in [3.05, 3.63) is 94.8 Å². The Labute approximate surface area is 172 Å². The summed E-state index contributed by atoms with van der Waals surface area (Å²) in [5.41, 5.74) is 1.91. The number of hydrogen-bond donors (Lipinski definition) is 2. The number of carbonyl (C=O) groups excluding carboxylic acids is 2. The molecule has 7 heteroatoms. The molecule has 0 fully saturated rings. The maximum absolute atomic E-state index is 13.2. The Balaban J connectivity index is 1.54. The Kier molecular flexibility index (Phi) is 6.94. The molecule has 0 saturated heterocycles. The molecule has 0 spiro atoms. The first-order chi connectivity index (χ1) is 14.0. The zero-order chi connectivity index (χ0) is 20.6. The van der Waals surface area contributed by atoms with Crippen LogP contribution >= 0.6 is 11.6 Å². The number of halogens is 2. The lowest BCUT2D eigenvalue weighted by atomic mass is 10.2. The number of benzene rings is 3. The number of carbonyl (C=O) groups is 2. The maximum atomic E-state index is 13.2. The number of nitrogens with one attached hydrogen (secondary N) is 2.